The van der Waals surface area contributed by atoms with Gasteiger partial charge in [-0.05, 0) is 20.8 Å². The molecule has 0 aromatic carbocycles. The average Bonchev–Trinajstić information content (AvgIpc) is 3.28. The number of rotatable bonds is 8. The maximum Gasteiger partial charge on any atom is 0.350 e. The number of guanidine groups is 1. The van der Waals surface area contributed by atoms with Crippen molar-refractivity contribution in [1.82, 2.24) is 25.8 Å². The molecule has 10 heteroatoms. The fourth-order valence-electron chi connectivity index (χ4n) is 2.34. The number of aliphatic imine (C=N–C) groups is 1. The number of aromatic nitrogens is 3. The molecule has 1 atom stereocenters. The summed E-state index contributed by atoms with van der Waals surface area (Å²) in [4.78, 5) is 25.6. The van der Waals surface area contributed by atoms with Crippen molar-refractivity contribution >= 4 is 23.3 Å². The summed E-state index contributed by atoms with van der Waals surface area (Å²) in [5.41, 5.74) is 0.674. The summed E-state index contributed by atoms with van der Waals surface area (Å²) in [6.45, 7) is 10.5. The van der Waals surface area contributed by atoms with Crippen LogP contribution in [-0.4, -0.2) is 47.3 Å². The molecule has 0 aliphatic heterocycles. The summed E-state index contributed by atoms with van der Waals surface area (Å²) in [5.74, 6) is 1.83. The van der Waals surface area contributed by atoms with E-state index < -0.39 is 0 Å². The van der Waals surface area contributed by atoms with Gasteiger partial charge in [-0.15, -0.1) is 11.3 Å². The second-order valence-corrected chi connectivity index (χ2v) is 7.53. The van der Waals surface area contributed by atoms with E-state index >= 15 is 0 Å². The molecule has 2 aromatic heterocycles. The highest BCUT2D eigenvalue weighted by Crippen LogP contribution is 2.24. The van der Waals surface area contributed by atoms with Crippen LogP contribution in [0.15, 0.2) is 9.52 Å². The number of hydrogen-bond donors (Lipinski definition) is 2. The molecule has 0 bridgehead atoms. The molecule has 2 rings (SSSR count). The summed E-state index contributed by atoms with van der Waals surface area (Å²) >= 11 is 1.33. The Morgan fingerprint density at radius 1 is 1.32 bits per heavy atom. The van der Waals surface area contributed by atoms with Gasteiger partial charge in [-0.2, -0.15) is 4.98 Å². The number of nitrogens with zero attached hydrogens (tertiary/aromatic N) is 4. The fourth-order valence-corrected chi connectivity index (χ4v) is 3.30. The van der Waals surface area contributed by atoms with E-state index in [4.69, 9.17) is 9.26 Å². The van der Waals surface area contributed by atoms with Crippen LogP contribution >= 0.6 is 11.3 Å². The van der Waals surface area contributed by atoms with E-state index in [0.717, 1.165) is 5.01 Å². The molecule has 0 aliphatic carbocycles. The van der Waals surface area contributed by atoms with Gasteiger partial charge in [-0.25, -0.2) is 9.78 Å². The zero-order chi connectivity index (χ0) is 20.7. The number of hydrogen-bond acceptors (Lipinski definition) is 8. The lowest BCUT2D eigenvalue weighted by Gasteiger charge is -2.15. The maximum atomic E-state index is 12.0. The first-order valence-electron chi connectivity index (χ1n) is 9.29. The average molecular weight is 409 g/mol. The Bertz CT molecular complexity index is 814. The minimum absolute atomic E-state index is 0.117. The molecule has 0 aliphatic rings. The zero-order valence-electron chi connectivity index (χ0n) is 17.2. The Morgan fingerprint density at radius 2 is 2.07 bits per heavy atom. The van der Waals surface area contributed by atoms with Gasteiger partial charge in [0, 0.05) is 25.9 Å². The predicted octanol–water partition coefficient (Wildman–Crippen LogP) is 2.60. The molecule has 2 N–H and O–H groups in total. The molecular weight excluding hydrogens is 380 g/mol. The van der Waals surface area contributed by atoms with Gasteiger partial charge in [0.15, 0.2) is 11.8 Å². The predicted molar refractivity (Wildman–Crippen MR) is 108 cm³/mol. The van der Waals surface area contributed by atoms with Crippen LogP contribution in [0.25, 0.3) is 0 Å². The molecule has 0 saturated carbocycles. The van der Waals surface area contributed by atoms with E-state index in [-0.39, 0.29) is 17.9 Å². The number of ether oxygens (including phenoxy) is 1. The Labute approximate surface area is 169 Å². The first-order chi connectivity index (χ1) is 13.3. The smallest absolute Gasteiger partial charge is 0.350 e. The monoisotopic (exact) mass is 408 g/mol. The second kappa shape index (κ2) is 10.2. The van der Waals surface area contributed by atoms with E-state index in [1.54, 1.807) is 14.0 Å². The molecule has 0 fully saturated rings. The van der Waals surface area contributed by atoms with Crippen LogP contribution in [0.2, 0.25) is 0 Å². The van der Waals surface area contributed by atoms with E-state index in [0.29, 0.717) is 47.8 Å². The minimum atomic E-state index is -0.334. The van der Waals surface area contributed by atoms with Gasteiger partial charge in [-0.1, -0.05) is 19.0 Å². The van der Waals surface area contributed by atoms with Crippen LogP contribution in [-0.2, 0) is 11.2 Å². The Balaban J connectivity index is 1.89. The standard InChI is InChI=1S/C18H28N6O3S/c1-7-26-17(25)14-11(4)21-16(28-14)12(5)22-18(19-6)20-9-8-13-23-15(10(2)3)24-27-13/h10,12H,7-9H2,1-6H3,(H2,19,20,22). The van der Waals surface area contributed by atoms with Gasteiger partial charge in [0.05, 0.1) is 18.3 Å². The highest BCUT2D eigenvalue weighted by Gasteiger charge is 2.20. The van der Waals surface area contributed by atoms with Crippen molar-refractivity contribution < 1.29 is 14.1 Å². The SMILES string of the molecule is CCOC(=O)c1sc(C(C)NC(=NC)NCCc2nc(C(C)C)no2)nc1C. The van der Waals surface area contributed by atoms with Crippen molar-refractivity contribution in [3.8, 4) is 0 Å². The van der Waals surface area contributed by atoms with Crippen molar-refractivity contribution in [3.05, 3.63) is 27.3 Å². The van der Waals surface area contributed by atoms with Crippen LogP contribution < -0.4 is 10.6 Å². The van der Waals surface area contributed by atoms with Crippen LogP contribution in [0.3, 0.4) is 0 Å². The maximum absolute atomic E-state index is 12.0. The molecule has 28 heavy (non-hydrogen) atoms. The third-order valence-corrected chi connectivity index (χ3v) is 5.17. The summed E-state index contributed by atoms with van der Waals surface area (Å²) in [6, 6.07) is -0.117. The molecule has 0 amide bonds. The van der Waals surface area contributed by atoms with E-state index in [1.807, 2.05) is 27.7 Å². The normalized spacial score (nSPS) is 12.9. The van der Waals surface area contributed by atoms with Gasteiger partial charge in [-0.3, -0.25) is 4.99 Å². The van der Waals surface area contributed by atoms with Crippen molar-refractivity contribution in [2.75, 3.05) is 20.2 Å². The van der Waals surface area contributed by atoms with Gasteiger partial charge < -0.3 is 19.9 Å². The molecule has 154 valence electrons. The molecule has 0 saturated heterocycles. The second-order valence-electron chi connectivity index (χ2n) is 6.50. The number of aryl methyl sites for hydroxylation is 1. The van der Waals surface area contributed by atoms with Crippen molar-refractivity contribution in [2.24, 2.45) is 4.99 Å². The van der Waals surface area contributed by atoms with Gasteiger partial charge in [0.25, 0.3) is 0 Å². The first-order valence-corrected chi connectivity index (χ1v) is 10.1. The lowest BCUT2D eigenvalue weighted by atomic mass is 10.2. The lowest BCUT2D eigenvalue weighted by molar-refractivity contribution is 0.0531. The third kappa shape index (κ3) is 5.75. The highest BCUT2D eigenvalue weighted by atomic mass is 32.1. The number of thiazole rings is 1. The van der Waals surface area contributed by atoms with Gasteiger partial charge >= 0.3 is 5.97 Å². The quantitative estimate of drug-likeness (QED) is 0.389. The summed E-state index contributed by atoms with van der Waals surface area (Å²) in [7, 11) is 1.70. The lowest BCUT2D eigenvalue weighted by Crippen LogP contribution is -2.39. The third-order valence-electron chi connectivity index (χ3n) is 3.85. The summed E-state index contributed by atoms with van der Waals surface area (Å²) < 4.78 is 10.3. The van der Waals surface area contributed by atoms with Gasteiger partial charge in [0.2, 0.25) is 5.89 Å². The van der Waals surface area contributed by atoms with Crippen LogP contribution in [0.4, 0.5) is 0 Å². The number of carbonyl (C=O) groups excluding carboxylic acids is 1. The van der Waals surface area contributed by atoms with Gasteiger partial charge in [0.1, 0.15) is 9.88 Å². The van der Waals surface area contributed by atoms with Crippen molar-refractivity contribution in [3.63, 3.8) is 0 Å². The molecular formula is C18H28N6O3S. The molecule has 0 spiro atoms. The molecule has 2 aromatic rings. The van der Waals surface area contributed by atoms with Crippen molar-refractivity contribution in [1.29, 1.82) is 0 Å². The minimum Gasteiger partial charge on any atom is -0.462 e. The van der Waals surface area contributed by atoms with Crippen LogP contribution in [0.1, 0.15) is 71.7 Å². The van der Waals surface area contributed by atoms with E-state index in [9.17, 15) is 4.79 Å². The number of nitrogens with one attached hydrogen (secondary N) is 2. The largest absolute Gasteiger partial charge is 0.462 e. The summed E-state index contributed by atoms with van der Waals surface area (Å²) in [5, 5.41) is 11.2. The van der Waals surface area contributed by atoms with E-state index in [2.05, 4.69) is 30.8 Å². The number of esters is 1. The zero-order valence-corrected chi connectivity index (χ0v) is 18.0. The molecule has 0 radical (unpaired) electrons. The van der Waals surface area contributed by atoms with E-state index in [1.165, 1.54) is 11.3 Å². The topological polar surface area (TPSA) is 115 Å². The van der Waals surface area contributed by atoms with Crippen LogP contribution in [0.5, 0.6) is 0 Å². The number of carbonyl (C=O) groups is 1. The first kappa shape index (κ1) is 21.8. The molecule has 9 nitrogen and oxygen atoms in total. The Kier molecular flexibility index (Phi) is 7.91. The Morgan fingerprint density at radius 3 is 2.68 bits per heavy atom. The fraction of sp³-hybridized carbons (Fsp3) is 0.611. The highest BCUT2D eigenvalue weighted by molar-refractivity contribution is 7.13. The van der Waals surface area contributed by atoms with Crippen LogP contribution in [0, 0.1) is 6.92 Å². The summed E-state index contributed by atoms with van der Waals surface area (Å²) in [6.07, 6.45) is 0.595. The Hall–Kier alpha value is -2.49. The molecule has 1 unspecified atom stereocenters. The molecule has 2 heterocycles. The van der Waals surface area contributed by atoms with Crippen molar-refractivity contribution in [2.45, 2.75) is 53.0 Å².